The number of hydrogen-bond donors (Lipinski definition) is 1. The van der Waals surface area contributed by atoms with Crippen LogP contribution >= 0.6 is 0 Å². The summed E-state index contributed by atoms with van der Waals surface area (Å²) in [7, 11) is 1.05. The summed E-state index contributed by atoms with van der Waals surface area (Å²) in [6.45, 7) is 9.71. The van der Waals surface area contributed by atoms with Crippen molar-refractivity contribution in [2.24, 2.45) is 0 Å². The monoisotopic (exact) mass is 381 g/mol. The molecule has 5 nitrogen and oxygen atoms in total. The van der Waals surface area contributed by atoms with E-state index < -0.39 is 0 Å². The van der Waals surface area contributed by atoms with Crippen molar-refractivity contribution in [2.45, 2.75) is 52.0 Å². The van der Waals surface area contributed by atoms with Gasteiger partial charge in [-0.05, 0) is 56.4 Å². The van der Waals surface area contributed by atoms with Crippen LogP contribution < -0.4 is 10.8 Å². The van der Waals surface area contributed by atoms with Crippen molar-refractivity contribution in [3.8, 4) is 0 Å². The summed E-state index contributed by atoms with van der Waals surface area (Å²) in [6.07, 6.45) is 0. The van der Waals surface area contributed by atoms with Gasteiger partial charge in [-0.2, -0.15) is 0 Å². The fourth-order valence-corrected chi connectivity index (χ4v) is 3.00. The number of benzene rings is 2. The zero-order valence-corrected chi connectivity index (χ0v) is 17.2. The molecule has 2 aromatic carbocycles. The second-order valence-electron chi connectivity index (χ2n) is 8.12. The molecular weight excluding hydrogens is 353 g/mol. The maximum atomic E-state index is 11.5. The van der Waals surface area contributed by atoms with Gasteiger partial charge in [0.15, 0.2) is 0 Å². The molecule has 1 N–H and O–H groups in total. The van der Waals surface area contributed by atoms with Gasteiger partial charge in [-0.3, -0.25) is 0 Å². The van der Waals surface area contributed by atoms with Gasteiger partial charge in [-0.15, -0.1) is 0 Å². The van der Waals surface area contributed by atoms with Gasteiger partial charge in [0.05, 0.1) is 23.9 Å². The Hall–Kier alpha value is -2.15. The maximum Gasteiger partial charge on any atom is 0.494 e. The SMILES string of the molecule is COC(=O)c1ccc(CNCc2ccc(B3OC(C)(C)C(C)(C)O3)cc2)cc1. The summed E-state index contributed by atoms with van der Waals surface area (Å²) in [5, 5.41) is 3.42. The quantitative estimate of drug-likeness (QED) is 0.616. The molecule has 2 aromatic rings. The van der Waals surface area contributed by atoms with Crippen LogP contribution in [-0.4, -0.2) is 31.4 Å². The van der Waals surface area contributed by atoms with E-state index in [0.29, 0.717) is 5.56 Å². The third-order valence-corrected chi connectivity index (χ3v) is 5.54. The van der Waals surface area contributed by atoms with E-state index in [1.807, 2.05) is 12.1 Å². The molecule has 0 saturated carbocycles. The number of ether oxygens (including phenoxy) is 1. The molecule has 0 unspecified atom stereocenters. The molecule has 6 heteroatoms. The van der Waals surface area contributed by atoms with Gasteiger partial charge >= 0.3 is 13.1 Å². The highest BCUT2D eigenvalue weighted by molar-refractivity contribution is 6.62. The molecule has 3 rings (SSSR count). The maximum absolute atomic E-state index is 11.5. The van der Waals surface area contributed by atoms with Crippen LogP contribution in [0, 0.1) is 0 Å². The van der Waals surface area contributed by atoms with E-state index in [-0.39, 0.29) is 24.3 Å². The van der Waals surface area contributed by atoms with Crippen molar-refractivity contribution < 1.29 is 18.8 Å². The molecule has 0 aromatic heterocycles. The number of methoxy groups -OCH3 is 1. The Kier molecular flexibility index (Phi) is 5.94. The van der Waals surface area contributed by atoms with Crippen molar-refractivity contribution in [3.05, 3.63) is 65.2 Å². The van der Waals surface area contributed by atoms with Gasteiger partial charge in [0, 0.05) is 13.1 Å². The molecule has 0 radical (unpaired) electrons. The molecule has 28 heavy (non-hydrogen) atoms. The molecule has 0 aliphatic carbocycles. The molecule has 0 amide bonds. The molecule has 0 atom stereocenters. The summed E-state index contributed by atoms with van der Waals surface area (Å²) in [5.41, 5.74) is 3.22. The topological polar surface area (TPSA) is 56.8 Å². The largest absolute Gasteiger partial charge is 0.494 e. The zero-order valence-electron chi connectivity index (χ0n) is 17.2. The molecule has 0 bridgehead atoms. The Morgan fingerprint density at radius 3 is 1.82 bits per heavy atom. The summed E-state index contributed by atoms with van der Waals surface area (Å²) in [4.78, 5) is 11.5. The molecule has 1 saturated heterocycles. The summed E-state index contributed by atoms with van der Waals surface area (Å²) >= 11 is 0. The Balaban J connectivity index is 1.52. The van der Waals surface area contributed by atoms with E-state index in [4.69, 9.17) is 14.0 Å². The van der Waals surface area contributed by atoms with Crippen LogP contribution in [0.15, 0.2) is 48.5 Å². The first-order valence-corrected chi connectivity index (χ1v) is 9.54. The summed E-state index contributed by atoms with van der Waals surface area (Å²) < 4.78 is 16.9. The number of carbonyl (C=O) groups is 1. The van der Waals surface area contributed by atoms with Crippen LogP contribution in [0.25, 0.3) is 0 Å². The van der Waals surface area contributed by atoms with Gasteiger partial charge < -0.3 is 19.4 Å². The van der Waals surface area contributed by atoms with Crippen LogP contribution in [0.1, 0.15) is 49.2 Å². The van der Waals surface area contributed by atoms with E-state index in [1.54, 1.807) is 12.1 Å². The second kappa shape index (κ2) is 8.07. The lowest BCUT2D eigenvalue weighted by Gasteiger charge is -2.32. The van der Waals surface area contributed by atoms with Crippen LogP contribution in [0.2, 0.25) is 0 Å². The Labute approximate surface area is 167 Å². The highest BCUT2D eigenvalue weighted by Crippen LogP contribution is 2.36. The van der Waals surface area contributed by atoms with Crippen molar-refractivity contribution in [1.29, 1.82) is 0 Å². The van der Waals surface area contributed by atoms with Crippen molar-refractivity contribution >= 4 is 18.6 Å². The smallest absolute Gasteiger partial charge is 0.465 e. The fourth-order valence-electron chi connectivity index (χ4n) is 3.00. The molecule has 1 aliphatic heterocycles. The minimum Gasteiger partial charge on any atom is -0.465 e. The average molecular weight is 381 g/mol. The lowest BCUT2D eigenvalue weighted by atomic mass is 9.79. The molecule has 1 heterocycles. The van der Waals surface area contributed by atoms with Crippen LogP contribution in [0.5, 0.6) is 0 Å². The number of nitrogens with one attached hydrogen (secondary N) is 1. The van der Waals surface area contributed by atoms with Gasteiger partial charge in [-0.25, -0.2) is 4.79 Å². The highest BCUT2D eigenvalue weighted by atomic mass is 16.7. The normalized spacial score (nSPS) is 17.5. The van der Waals surface area contributed by atoms with E-state index in [0.717, 1.165) is 24.1 Å². The molecule has 1 aliphatic rings. The Bertz CT molecular complexity index is 799. The molecular formula is C22H28BNO4. The fraction of sp³-hybridized carbons (Fsp3) is 0.409. The van der Waals surface area contributed by atoms with Crippen LogP contribution in [-0.2, 0) is 27.1 Å². The highest BCUT2D eigenvalue weighted by Gasteiger charge is 2.51. The lowest BCUT2D eigenvalue weighted by molar-refractivity contribution is 0.00578. The van der Waals surface area contributed by atoms with Gasteiger partial charge in [-0.1, -0.05) is 36.4 Å². The minimum absolute atomic E-state index is 0.318. The standard InChI is InChI=1S/C22H28BNO4/c1-21(2)22(3,4)28-23(27-21)19-12-8-17(9-13-19)15-24-14-16-6-10-18(11-7-16)20(25)26-5/h6-13,24H,14-15H2,1-5H3. The van der Waals surface area contributed by atoms with Crippen molar-refractivity contribution in [2.75, 3.05) is 7.11 Å². The van der Waals surface area contributed by atoms with Crippen LogP contribution in [0.3, 0.4) is 0 Å². The first-order chi connectivity index (χ1) is 13.2. The van der Waals surface area contributed by atoms with Gasteiger partial charge in [0.25, 0.3) is 0 Å². The van der Waals surface area contributed by atoms with Gasteiger partial charge in [0.1, 0.15) is 0 Å². The van der Waals surface area contributed by atoms with E-state index in [2.05, 4.69) is 57.3 Å². The Morgan fingerprint density at radius 1 is 0.893 bits per heavy atom. The van der Waals surface area contributed by atoms with Crippen LogP contribution in [0.4, 0.5) is 0 Å². The number of rotatable bonds is 6. The number of esters is 1. The third kappa shape index (κ3) is 4.46. The summed E-state index contributed by atoms with van der Waals surface area (Å²) in [5.74, 6) is -0.318. The number of carbonyl (C=O) groups excluding carboxylic acids is 1. The van der Waals surface area contributed by atoms with Gasteiger partial charge in [0.2, 0.25) is 0 Å². The molecule has 0 spiro atoms. The second-order valence-corrected chi connectivity index (χ2v) is 8.12. The summed E-state index contributed by atoms with van der Waals surface area (Å²) in [6, 6.07) is 15.7. The molecule has 1 fully saturated rings. The predicted molar refractivity (Wildman–Crippen MR) is 110 cm³/mol. The van der Waals surface area contributed by atoms with E-state index in [1.165, 1.54) is 12.7 Å². The van der Waals surface area contributed by atoms with Crippen molar-refractivity contribution in [3.63, 3.8) is 0 Å². The van der Waals surface area contributed by atoms with E-state index >= 15 is 0 Å². The Morgan fingerprint density at radius 2 is 1.36 bits per heavy atom. The average Bonchev–Trinajstić information content (AvgIpc) is 2.89. The van der Waals surface area contributed by atoms with E-state index in [9.17, 15) is 4.79 Å². The molecule has 148 valence electrons. The number of hydrogen-bond acceptors (Lipinski definition) is 5. The first kappa shape index (κ1) is 20.6. The third-order valence-electron chi connectivity index (χ3n) is 5.54. The lowest BCUT2D eigenvalue weighted by Crippen LogP contribution is -2.41. The first-order valence-electron chi connectivity index (χ1n) is 9.54. The minimum atomic E-state index is -0.333. The zero-order chi connectivity index (χ0) is 20.4. The van der Waals surface area contributed by atoms with Crippen molar-refractivity contribution in [1.82, 2.24) is 5.32 Å². The predicted octanol–water partition coefficient (Wildman–Crippen LogP) is 3.06.